The average Bonchev–Trinajstić information content (AvgIpc) is 3.32. The lowest BCUT2D eigenvalue weighted by Crippen LogP contribution is -2.57. The second-order valence-corrected chi connectivity index (χ2v) is 7.48. The fourth-order valence-corrected chi connectivity index (χ4v) is 4.11. The van der Waals surface area contributed by atoms with Gasteiger partial charge in [0.1, 0.15) is 0 Å². The summed E-state index contributed by atoms with van der Waals surface area (Å²) in [6.45, 7) is 4.93. The summed E-state index contributed by atoms with van der Waals surface area (Å²) in [5.41, 5.74) is 5.45. The molecule has 1 amide bonds. The molecule has 5 heteroatoms. The summed E-state index contributed by atoms with van der Waals surface area (Å²) in [5.74, 6) is 1.13. The molecule has 21 heavy (non-hydrogen) atoms. The fourth-order valence-electron chi connectivity index (χ4n) is 3.82. The van der Waals surface area contributed by atoms with Gasteiger partial charge in [0.05, 0.1) is 10.4 Å². The van der Waals surface area contributed by atoms with Crippen LogP contribution in [0, 0.1) is 11.3 Å². The molecule has 1 aliphatic heterocycles. The lowest BCUT2D eigenvalue weighted by Gasteiger charge is -2.42. The summed E-state index contributed by atoms with van der Waals surface area (Å²) < 4.78 is 0. The number of piperazine rings is 1. The van der Waals surface area contributed by atoms with Crippen molar-refractivity contribution >= 4 is 23.1 Å². The second-order valence-electron chi connectivity index (χ2n) is 7.04. The smallest absolute Gasteiger partial charge is 0.235 e. The van der Waals surface area contributed by atoms with Crippen molar-refractivity contribution in [1.82, 2.24) is 9.80 Å². The zero-order valence-electron chi connectivity index (χ0n) is 12.9. The molecular weight excluding hydrogens is 282 g/mol. The number of nitrogens with zero attached hydrogens (tertiary/aromatic N) is 2. The highest BCUT2D eigenvalue weighted by Gasteiger charge is 2.45. The van der Waals surface area contributed by atoms with Crippen molar-refractivity contribution in [1.29, 1.82) is 0 Å². The summed E-state index contributed by atoms with van der Waals surface area (Å²) in [4.78, 5) is 18.0. The van der Waals surface area contributed by atoms with Crippen LogP contribution >= 0.6 is 12.2 Å². The third-order valence-electron chi connectivity index (χ3n) is 5.46. The minimum absolute atomic E-state index is 0.209. The number of carbonyl (C=O) groups is 1. The Bertz CT molecular complexity index is 408. The molecule has 0 bridgehead atoms. The van der Waals surface area contributed by atoms with Crippen molar-refractivity contribution in [2.45, 2.75) is 44.9 Å². The van der Waals surface area contributed by atoms with E-state index in [1.54, 1.807) is 0 Å². The third kappa shape index (κ3) is 3.24. The van der Waals surface area contributed by atoms with Gasteiger partial charge < -0.3 is 10.6 Å². The Morgan fingerprint density at radius 1 is 1.10 bits per heavy atom. The fraction of sp³-hybridized carbons (Fsp3) is 0.875. The van der Waals surface area contributed by atoms with Crippen LogP contribution in [0.4, 0.5) is 0 Å². The molecule has 0 aromatic rings. The largest absolute Gasteiger partial charge is 0.392 e. The van der Waals surface area contributed by atoms with Crippen LogP contribution in [0.1, 0.15) is 44.9 Å². The van der Waals surface area contributed by atoms with Gasteiger partial charge in [-0.15, -0.1) is 0 Å². The molecule has 2 N–H and O–H groups in total. The SMILES string of the molecule is NC(=S)C1(C(=O)N2CCN(CC3CC3)CC2)CCCCC1. The highest BCUT2D eigenvalue weighted by atomic mass is 32.1. The number of rotatable bonds is 4. The van der Waals surface area contributed by atoms with Crippen LogP contribution in [-0.2, 0) is 4.79 Å². The van der Waals surface area contributed by atoms with Crippen LogP contribution in [0.5, 0.6) is 0 Å². The minimum atomic E-state index is -0.535. The highest BCUT2D eigenvalue weighted by Crippen LogP contribution is 2.38. The van der Waals surface area contributed by atoms with Gasteiger partial charge in [0.25, 0.3) is 0 Å². The normalized spacial score (nSPS) is 26.6. The molecule has 118 valence electrons. The van der Waals surface area contributed by atoms with Gasteiger partial charge in [-0.2, -0.15) is 0 Å². The zero-order valence-corrected chi connectivity index (χ0v) is 13.7. The molecule has 3 aliphatic rings. The van der Waals surface area contributed by atoms with Gasteiger partial charge in [0.2, 0.25) is 5.91 Å². The van der Waals surface area contributed by atoms with E-state index in [9.17, 15) is 4.79 Å². The van der Waals surface area contributed by atoms with E-state index >= 15 is 0 Å². The predicted molar refractivity (Wildman–Crippen MR) is 88.0 cm³/mol. The summed E-state index contributed by atoms with van der Waals surface area (Å²) in [7, 11) is 0. The second kappa shape index (κ2) is 6.21. The summed E-state index contributed by atoms with van der Waals surface area (Å²) in [6.07, 6.45) is 7.84. The first-order valence-corrected chi connectivity index (χ1v) is 8.84. The van der Waals surface area contributed by atoms with E-state index in [2.05, 4.69) is 4.90 Å². The Hall–Kier alpha value is -0.680. The van der Waals surface area contributed by atoms with Crippen molar-refractivity contribution < 1.29 is 4.79 Å². The molecule has 2 aliphatic carbocycles. The van der Waals surface area contributed by atoms with E-state index in [1.165, 1.54) is 25.8 Å². The lowest BCUT2D eigenvalue weighted by molar-refractivity contribution is -0.141. The summed E-state index contributed by atoms with van der Waals surface area (Å²) in [6, 6.07) is 0. The Balaban J connectivity index is 1.60. The topological polar surface area (TPSA) is 49.6 Å². The van der Waals surface area contributed by atoms with Gasteiger partial charge >= 0.3 is 0 Å². The number of nitrogens with two attached hydrogens (primary N) is 1. The maximum Gasteiger partial charge on any atom is 0.235 e. The number of thiocarbonyl (C=S) groups is 1. The molecule has 0 atom stereocenters. The Morgan fingerprint density at radius 2 is 1.71 bits per heavy atom. The first kappa shape index (κ1) is 15.2. The maximum absolute atomic E-state index is 13.0. The first-order chi connectivity index (χ1) is 10.1. The standard InChI is InChI=1S/C16H27N3OS/c17-14(21)16(6-2-1-3-7-16)15(20)19-10-8-18(9-11-19)12-13-4-5-13/h13H,1-12H2,(H2,17,21). The first-order valence-electron chi connectivity index (χ1n) is 8.43. The molecule has 4 nitrogen and oxygen atoms in total. The predicted octanol–water partition coefficient (Wildman–Crippen LogP) is 1.78. The number of hydrogen-bond acceptors (Lipinski definition) is 3. The van der Waals surface area contributed by atoms with E-state index in [1.807, 2.05) is 4.90 Å². The molecule has 1 heterocycles. The van der Waals surface area contributed by atoms with E-state index in [0.29, 0.717) is 4.99 Å². The number of amides is 1. The van der Waals surface area contributed by atoms with Gasteiger partial charge in [-0.25, -0.2) is 0 Å². The van der Waals surface area contributed by atoms with E-state index < -0.39 is 5.41 Å². The van der Waals surface area contributed by atoms with E-state index in [0.717, 1.165) is 57.8 Å². The van der Waals surface area contributed by atoms with Crippen molar-refractivity contribution in [2.24, 2.45) is 17.1 Å². The van der Waals surface area contributed by atoms with Crippen molar-refractivity contribution in [2.75, 3.05) is 32.7 Å². The average molecular weight is 309 g/mol. The molecule has 3 fully saturated rings. The molecule has 0 radical (unpaired) electrons. The molecule has 0 aromatic carbocycles. The number of carbonyl (C=O) groups excluding carboxylic acids is 1. The monoisotopic (exact) mass is 309 g/mol. The highest BCUT2D eigenvalue weighted by molar-refractivity contribution is 7.80. The van der Waals surface area contributed by atoms with Gasteiger partial charge in [0.15, 0.2) is 0 Å². The number of hydrogen-bond donors (Lipinski definition) is 1. The van der Waals surface area contributed by atoms with Crippen LogP contribution in [0.3, 0.4) is 0 Å². The quantitative estimate of drug-likeness (QED) is 0.804. The van der Waals surface area contributed by atoms with Gasteiger partial charge in [-0.05, 0) is 31.6 Å². The van der Waals surface area contributed by atoms with Crippen molar-refractivity contribution in [3.8, 4) is 0 Å². The van der Waals surface area contributed by atoms with Gasteiger partial charge in [0, 0.05) is 32.7 Å². The van der Waals surface area contributed by atoms with Crippen LogP contribution < -0.4 is 5.73 Å². The van der Waals surface area contributed by atoms with Crippen LogP contribution in [0.15, 0.2) is 0 Å². The van der Waals surface area contributed by atoms with Crippen molar-refractivity contribution in [3.05, 3.63) is 0 Å². The molecular formula is C16H27N3OS. The van der Waals surface area contributed by atoms with Gasteiger partial charge in [-0.3, -0.25) is 9.69 Å². The molecule has 2 saturated carbocycles. The van der Waals surface area contributed by atoms with Crippen LogP contribution in [0.25, 0.3) is 0 Å². The molecule has 0 unspecified atom stereocenters. The lowest BCUT2D eigenvalue weighted by atomic mass is 9.72. The van der Waals surface area contributed by atoms with E-state index in [4.69, 9.17) is 18.0 Å². The molecule has 0 spiro atoms. The van der Waals surface area contributed by atoms with Crippen LogP contribution in [0.2, 0.25) is 0 Å². The van der Waals surface area contributed by atoms with Crippen molar-refractivity contribution in [3.63, 3.8) is 0 Å². The maximum atomic E-state index is 13.0. The zero-order chi connectivity index (χ0) is 14.9. The molecule has 3 rings (SSSR count). The summed E-state index contributed by atoms with van der Waals surface area (Å²) >= 11 is 5.28. The minimum Gasteiger partial charge on any atom is -0.392 e. The van der Waals surface area contributed by atoms with E-state index in [-0.39, 0.29) is 5.91 Å². The Morgan fingerprint density at radius 3 is 2.24 bits per heavy atom. The molecule has 0 aromatic heterocycles. The van der Waals surface area contributed by atoms with Gasteiger partial charge in [-0.1, -0.05) is 31.5 Å². The summed E-state index contributed by atoms with van der Waals surface area (Å²) in [5, 5.41) is 0. The third-order valence-corrected chi connectivity index (χ3v) is 5.85. The molecule has 1 saturated heterocycles. The Labute approximate surface area is 133 Å². The van der Waals surface area contributed by atoms with Crippen LogP contribution in [-0.4, -0.2) is 53.4 Å². The Kier molecular flexibility index (Phi) is 4.50.